The summed E-state index contributed by atoms with van der Waals surface area (Å²) < 4.78 is 0. The number of carbonyl (C=O) groups is 3. The molecule has 1 aromatic rings. The maximum absolute atomic E-state index is 12.0. The van der Waals surface area contributed by atoms with Crippen molar-refractivity contribution in [2.45, 2.75) is 26.2 Å². The van der Waals surface area contributed by atoms with Gasteiger partial charge in [-0.15, -0.1) is 0 Å². The summed E-state index contributed by atoms with van der Waals surface area (Å²) in [6.07, 6.45) is 1.92. The average Bonchev–Trinajstić information content (AvgIpc) is 2.44. The second-order valence-corrected chi connectivity index (χ2v) is 4.89. The van der Waals surface area contributed by atoms with Gasteiger partial charge in [-0.2, -0.15) is 0 Å². The van der Waals surface area contributed by atoms with E-state index in [0.29, 0.717) is 12.8 Å². The highest BCUT2D eigenvalue weighted by atomic mass is 16.2. The van der Waals surface area contributed by atoms with E-state index < -0.39 is 11.8 Å². The van der Waals surface area contributed by atoms with Gasteiger partial charge in [0.2, 0.25) is 17.7 Å². The molecule has 1 aromatic carbocycles. The van der Waals surface area contributed by atoms with Gasteiger partial charge >= 0.3 is 0 Å². The first-order chi connectivity index (χ1) is 9.58. The molecule has 0 aliphatic carbocycles. The van der Waals surface area contributed by atoms with Gasteiger partial charge in [0.05, 0.1) is 0 Å². The highest BCUT2D eigenvalue weighted by Crippen LogP contribution is 2.09. The van der Waals surface area contributed by atoms with Crippen molar-refractivity contribution < 1.29 is 14.4 Å². The number of rotatable bonds is 4. The van der Waals surface area contributed by atoms with Crippen LogP contribution in [0.1, 0.15) is 24.5 Å². The Kier molecular flexibility index (Phi) is 4.50. The molecule has 1 aliphatic heterocycles. The van der Waals surface area contributed by atoms with E-state index in [1.807, 2.05) is 12.1 Å². The molecule has 1 fully saturated rings. The Bertz CT molecular complexity index is 506. The van der Waals surface area contributed by atoms with Gasteiger partial charge in [0.1, 0.15) is 13.1 Å². The minimum atomic E-state index is -0.415. The lowest BCUT2D eigenvalue weighted by atomic mass is 10.1. The summed E-state index contributed by atoms with van der Waals surface area (Å²) in [5.41, 5.74) is 2.35. The van der Waals surface area contributed by atoms with Crippen molar-refractivity contribution >= 4 is 17.7 Å². The molecule has 1 aliphatic rings. The second-order valence-electron chi connectivity index (χ2n) is 4.89. The molecule has 1 heterocycles. The van der Waals surface area contributed by atoms with Crippen LogP contribution in [0.25, 0.3) is 0 Å². The summed E-state index contributed by atoms with van der Waals surface area (Å²) in [7, 11) is 0. The van der Waals surface area contributed by atoms with E-state index in [1.165, 1.54) is 10.5 Å². The van der Waals surface area contributed by atoms with Crippen molar-refractivity contribution in [2.75, 3.05) is 13.1 Å². The van der Waals surface area contributed by atoms with Crippen LogP contribution >= 0.6 is 0 Å². The Balaban J connectivity index is 1.87. The fraction of sp³-hybridized carbons (Fsp3) is 0.400. The second kappa shape index (κ2) is 6.32. The van der Waals surface area contributed by atoms with Crippen LogP contribution in [0, 0.1) is 0 Å². The fourth-order valence-electron chi connectivity index (χ4n) is 2.16. The number of imide groups is 1. The Labute approximate surface area is 118 Å². The number of nitrogens with one attached hydrogen (secondary N) is 1. The van der Waals surface area contributed by atoms with Crippen LogP contribution in [-0.4, -0.2) is 35.7 Å². The highest BCUT2D eigenvalue weighted by molar-refractivity contribution is 6.02. The van der Waals surface area contributed by atoms with Gasteiger partial charge in [0, 0.05) is 6.42 Å². The lowest BCUT2D eigenvalue weighted by Crippen LogP contribution is -2.53. The minimum Gasteiger partial charge on any atom is -0.324 e. The first kappa shape index (κ1) is 14.2. The third-order valence-corrected chi connectivity index (χ3v) is 3.36. The number of aryl methyl sites for hydroxylation is 2. The molecule has 0 saturated carbocycles. The highest BCUT2D eigenvalue weighted by Gasteiger charge is 2.25. The van der Waals surface area contributed by atoms with Gasteiger partial charge in [-0.3, -0.25) is 19.7 Å². The van der Waals surface area contributed by atoms with E-state index in [1.54, 1.807) is 0 Å². The molecule has 1 saturated heterocycles. The van der Waals surface area contributed by atoms with E-state index in [9.17, 15) is 14.4 Å². The summed E-state index contributed by atoms with van der Waals surface area (Å²) in [6, 6.07) is 8.13. The van der Waals surface area contributed by atoms with Crippen molar-refractivity contribution in [1.29, 1.82) is 0 Å². The molecule has 0 radical (unpaired) electrons. The molecule has 20 heavy (non-hydrogen) atoms. The molecule has 5 heteroatoms. The standard InChI is InChI=1S/C15H18N2O3/c1-2-11-3-5-12(6-4-11)7-8-15(20)17-9-13(18)16-14(19)10-17/h3-6H,2,7-10H2,1H3,(H,16,18,19). The van der Waals surface area contributed by atoms with Crippen molar-refractivity contribution in [3.05, 3.63) is 35.4 Å². The number of hydrogen-bond acceptors (Lipinski definition) is 3. The largest absolute Gasteiger partial charge is 0.324 e. The van der Waals surface area contributed by atoms with Crippen molar-refractivity contribution in [3.8, 4) is 0 Å². The first-order valence-corrected chi connectivity index (χ1v) is 6.76. The van der Waals surface area contributed by atoms with E-state index in [4.69, 9.17) is 0 Å². The van der Waals surface area contributed by atoms with Crippen molar-refractivity contribution in [1.82, 2.24) is 10.2 Å². The topological polar surface area (TPSA) is 66.5 Å². The lowest BCUT2D eigenvalue weighted by molar-refractivity contribution is -0.145. The van der Waals surface area contributed by atoms with Gasteiger partial charge in [-0.25, -0.2) is 0 Å². The van der Waals surface area contributed by atoms with E-state index in [2.05, 4.69) is 24.4 Å². The number of carbonyl (C=O) groups excluding carboxylic acids is 3. The summed E-state index contributed by atoms with van der Waals surface area (Å²) >= 11 is 0. The van der Waals surface area contributed by atoms with Crippen LogP contribution in [0.4, 0.5) is 0 Å². The maximum atomic E-state index is 12.0. The van der Waals surface area contributed by atoms with Crippen molar-refractivity contribution in [2.24, 2.45) is 0 Å². The number of nitrogens with zero attached hydrogens (tertiary/aromatic N) is 1. The van der Waals surface area contributed by atoms with Crippen LogP contribution in [0.15, 0.2) is 24.3 Å². The Morgan fingerprint density at radius 2 is 1.65 bits per heavy atom. The molecule has 1 N–H and O–H groups in total. The molecule has 0 atom stereocenters. The normalized spacial score (nSPS) is 15.2. The van der Waals surface area contributed by atoms with Gasteiger partial charge in [0.15, 0.2) is 0 Å². The molecule has 2 rings (SSSR count). The molecular weight excluding hydrogens is 256 g/mol. The molecule has 3 amide bonds. The van der Waals surface area contributed by atoms with Gasteiger partial charge in [-0.1, -0.05) is 31.2 Å². The molecule has 106 valence electrons. The Morgan fingerprint density at radius 3 is 2.20 bits per heavy atom. The fourth-order valence-corrected chi connectivity index (χ4v) is 2.16. The predicted molar refractivity (Wildman–Crippen MR) is 73.9 cm³/mol. The Hall–Kier alpha value is -2.17. The van der Waals surface area contributed by atoms with Crippen molar-refractivity contribution in [3.63, 3.8) is 0 Å². The van der Waals surface area contributed by atoms with Crippen LogP contribution in [-0.2, 0) is 27.2 Å². The van der Waals surface area contributed by atoms with Crippen LogP contribution < -0.4 is 5.32 Å². The summed E-state index contributed by atoms with van der Waals surface area (Å²) in [5.74, 6) is -0.989. The smallest absolute Gasteiger partial charge is 0.246 e. The monoisotopic (exact) mass is 274 g/mol. The van der Waals surface area contributed by atoms with E-state index >= 15 is 0 Å². The van der Waals surface area contributed by atoms with Crippen LogP contribution in [0.5, 0.6) is 0 Å². The van der Waals surface area contributed by atoms with Gasteiger partial charge in [0.25, 0.3) is 0 Å². The van der Waals surface area contributed by atoms with E-state index in [-0.39, 0.29) is 19.0 Å². The number of benzene rings is 1. The zero-order valence-corrected chi connectivity index (χ0v) is 11.5. The third-order valence-electron chi connectivity index (χ3n) is 3.36. The Morgan fingerprint density at radius 1 is 1.10 bits per heavy atom. The van der Waals surface area contributed by atoms with Crippen LogP contribution in [0.3, 0.4) is 0 Å². The molecular formula is C15H18N2O3. The maximum Gasteiger partial charge on any atom is 0.246 e. The number of amides is 3. The predicted octanol–water partition coefficient (Wildman–Crippen LogP) is 0.667. The summed E-state index contributed by atoms with van der Waals surface area (Å²) in [4.78, 5) is 35.7. The molecule has 0 aromatic heterocycles. The first-order valence-electron chi connectivity index (χ1n) is 6.76. The van der Waals surface area contributed by atoms with E-state index in [0.717, 1.165) is 12.0 Å². The molecule has 5 nitrogen and oxygen atoms in total. The van der Waals surface area contributed by atoms with Crippen LogP contribution in [0.2, 0.25) is 0 Å². The minimum absolute atomic E-state index is 0.0284. The third kappa shape index (κ3) is 3.66. The summed E-state index contributed by atoms with van der Waals surface area (Å²) in [6.45, 7) is 2.04. The number of piperazine rings is 1. The quantitative estimate of drug-likeness (QED) is 0.821. The lowest BCUT2D eigenvalue weighted by Gasteiger charge is -2.25. The zero-order chi connectivity index (χ0) is 14.5. The average molecular weight is 274 g/mol. The number of hydrogen-bond donors (Lipinski definition) is 1. The van der Waals surface area contributed by atoms with Gasteiger partial charge < -0.3 is 4.90 Å². The summed E-state index contributed by atoms with van der Waals surface area (Å²) in [5, 5.41) is 2.18. The molecule has 0 spiro atoms. The van der Waals surface area contributed by atoms with Gasteiger partial charge in [-0.05, 0) is 24.0 Å². The zero-order valence-electron chi connectivity index (χ0n) is 11.5. The SMILES string of the molecule is CCc1ccc(CCC(=O)N2CC(=O)NC(=O)C2)cc1. The molecule has 0 unspecified atom stereocenters. The molecule has 0 bridgehead atoms.